The Bertz CT molecular complexity index is 351. The molecule has 0 aliphatic heterocycles. The van der Waals surface area contributed by atoms with Gasteiger partial charge < -0.3 is 5.32 Å². The molecular formula is C14H17NO. The summed E-state index contributed by atoms with van der Waals surface area (Å²) in [4.78, 5) is 11.3. The van der Waals surface area contributed by atoms with Gasteiger partial charge in [-0.1, -0.05) is 30.3 Å². The summed E-state index contributed by atoms with van der Waals surface area (Å²) in [5.74, 6) is 2.71. The van der Waals surface area contributed by atoms with E-state index >= 15 is 0 Å². The molecule has 16 heavy (non-hydrogen) atoms. The first-order valence-corrected chi connectivity index (χ1v) is 5.52. The highest BCUT2D eigenvalue weighted by Crippen LogP contribution is 1.98. The molecular weight excluding hydrogens is 198 g/mol. The number of carbonyl (C=O) groups excluding carboxylic acids is 1. The van der Waals surface area contributed by atoms with Crippen LogP contribution in [0, 0.1) is 12.3 Å². The first-order chi connectivity index (χ1) is 7.83. The zero-order valence-electron chi connectivity index (χ0n) is 9.41. The number of hydrogen-bond acceptors (Lipinski definition) is 2. The van der Waals surface area contributed by atoms with Crippen molar-refractivity contribution in [1.82, 2.24) is 5.32 Å². The molecule has 0 saturated carbocycles. The van der Waals surface area contributed by atoms with Gasteiger partial charge in [-0.15, -0.1) is 12.3 Å². The Morgan fingerprint density at radius 2 is 2.00 bits per heavy atom. The molecule has 1 rings (SSSR count). The van der Waals surface area contributed by atoms with Crippen molar-refractivity contribution in [2.75, 3.05) is 6.54 Å². The average molecular weight is 215 g/mol. The second-order valence-corrected chi connectivity index (χ2v) is 3.66. The number of nitrogens with one attached hydrogen (secondary N) is 1. The molecule has 0 aromatic heterocycles. The van der Waals surface area contributed by atoms with Gasteiger partial charge in [-0.05, 0) is 5.56 Å². The van der Waals surface area contributed by atoms with Crippen molar-refractivity contribution in [3.05, 3.63) is 35.9 Å². The molecule has 2 nitrogen and oxygen atoms in total. The van der Waals surface area contributed by atoms with Crippen LogP contribution in [0.5, 0.6) is 0 Å². The Morgan fingerprint density at radius 1 is 1.25 bits per heavy atom. The lowest BCUT2D eigenvalue weighted by atomic mass is 10.1. The largest absolute Gasteiger partial charge is 0.312 e. The molecule has 2 heteroatoms. The van der Waals surface area contributed by atoms with E-state index in [0.717, 1.165) is 13.1 Å². The van der Waals surface area contributed by atoms with E-state index in [1.165, 1.54) is 5.56 Å². The summed E-state index contributed by atoms with van der Waals surface area (Å²) in [5.41, 5.74) is 1.23. The minimum Gasteiger partial charge on any atom is -0.312 e. The van der Waals surface area contributed by atoms with Gasteiger partial charge in [0.05, 0.1) is 0 Å². The molecule has 0 spiro atoms. The lowest BCUT2D eigenvalue weighted by Gasteiger charge is -2.03. The van der Waals surface area contributed by atoms with Crippen molar-refractivity contribution in [2.45, 2.75) is 25.8 Å². The number of ketones is 1. The van der Waals surface area contributed by atoms with Crippen molar-refractivity contribution in [3.8, 4) is 12.3 Å². The van der Waals surface area contributed by atoms with E-state index in [-0.39, 0.29) is 5.78 Å². The van der Waals surface area contributed by atoms with E-state index < -0.39 is 0 Å². The number of rotatable bonds is 7. The van der Waals surface area contributed by atoms with Crippen LogP contribution in [-0.2, 0) is 11.3 Å². The van der Waals surface area contributed by atoms with Crippen molar-refractivity contribution in [3.63, 3.8) is 0 Å². The first-order valence-electron chi connectivity index (χ1n) is 5.52. The number of Topliss-reactive ketones (excluding diaryl/α,β-unsaturated/α-hetero) is 1. The summed E-state index contributed by atoms with van der Waals surface area (Å²) in [6.45, 7) is 1.53. The summed E-state index contributed by atoms with van der Waals surface area (Å²) < 4.78 is 0. The standard InChI is InChI=1S/C14H17NO/c1-2-3-9-14(16)10-11-15-12-13-7-5-4-6-8-13/h1,4-8,15H,3,9-12H2. The van der Waals surface area contributed by atoms with Crippen molar-refractivity contribution in [1.29, 1.82) is 0 Å². The molecule has 0 radical (unpaired) electrons. The van der Waals surface area contributed by atoms with Crippen LogP contribution in [0.25, 0.3) is 0 Å². The van der Waals surface area contributed by atoms with Gasteiger partial charge in [0.2, 0.25) is 0 Å². The molecule has 0 amide bonds. The molecule has 0 saturated heterocycles. The fourth-order valence-corrected chi connectivity index (χ4v) is 1.39. The van der Waals surface area contributed by atoms with Crippen LogP contribution < -0.4 is 5.32 Å². The highest BCUT2D eigenvalue weighted by molar-refractivity contribution is 5.78. The van der Waals surface area contributed by atoms with E-state index in [2.05, 4.69) is 23.4 Å². The normalized spacial score (nSPS) is 9.69. The highest BCUT2D eigenvalue weighted by atomic mass is 16.1. The minimum atomic E-state index is 0.235. The Balaban J connectivity index is 2.08. The van der Waals surface area contributed by atoms with Crippen LogP contribution in [0.1, 0.15) is 24.8 Å². The third-order valence-corrected chi connectivity index (χ3v) is 2.30. The molecule has 1 aromatic carbocycles. The maximum Gasteiger partial charge on any atom is 0.135 e. The fraction of sp³-hybridized carbons (Fsp3) is 0.357. The summed E-state index contributed by atoms with van der Waals surface area (Å²) in [6, 6.07) is 10.1. The highest BCUT2D eigenvalue weighted by Gasteiger charge is 1.99. The van der Waals surface area contributed by atoms with Crippen LogP contribution >= 0.6 is 0 Å². The maximum atomic E-state index is 11.3. The summed E-state index contributed by atoms with van der Waals surface area (Å²) in [6.07, 6.45) is 6.71. The third-order valence-electron chi connectivity index (χ3n) is 2.30. The number of terminal acetylenes is 1. The van der Waals surface area contributed by atoms with Crippen molar-refractivity contribution >= 4 is 5.78 Å². The minimum absolute atomic E-state index is 0.235. The van der Waals surface area contributed by atoms with E-state index in [4.69, 9.17) is 6.42 Å². The quantitative estimate of drug-likeness (QED) is 0.558. The molecule has 84 valence electrons. The van der Waals surface area contributed by atoms with Gasteiger partial charge in [0.1, 0.15) is 5.78 Å². The van der Waals surface area contributed by atoms with Gasteiger partial charge in [-0.3, -0.25) is 4.79 Å². The van der Waals surface area contributed by atoms with Gasteiger partial charge in [0.15, 0.2) is 0 Å². The van der Waals surface area contributed by atoms with Crippen LogP contribution in [0.4, 0.5) is 0 Å². The molecule has 0 unspecified atom stereocenters. The molecule has 0 bridgehead atoms. The number of carbonyl (C=O) groups is 1. The van der Waals surface area contributed by atoms with Crippen LogP contribution in [0.15, 0.2) is 30.3 Å². The van der Waals surface area contributed by atoms with Gasteiger partial charge in [-0.25, -0.2) is 0 Å². The Hall–Kier alpha value is -1.59. The van der Waals surface area contributed by atoms with Gasteiger partial charge in [0, 0.05) is 32.4 Å². The van der Waals surface area contributed by atoms with Crippen LogP contribution in [0.2, 0.25) is 0 Å². The summed E-state index contributed by atoms with van der Waals surface area (Å²) in [5, 5.41) is 3.24. The van der Waals surface area contributed by atoms with E-state index in [0.29, 0.717) is 19.3 Å². The lowest BCUT2D eigenvalue weighted by molar-refractivity contribution is -0.118. The van der Waals surface area contributed by atoms with E-state index in [1.807, 2.05) is 18.2 Å². The summed E-state index contributed by atoms with van der Waals surface area (Å²) in [7, 11) is 0. The van der Waals surface area contributed by atoms with Crippen LogP contribution in [-0.4, -0.2) is 12.3 Å². The maximum absolute atomic E-state index is 11.3. The molecule has 1 N–H and O–H groups in total. The zero-order chi connectivity index (χ0) is 11.6. The Labute approximate surface area is 97.1 Å². The molecule has 0 fully saturated rings. The van der Waals surface area contributed by atoms with E-state index in [9.17, 15) is 4.79 Å². The average Bonchev–Trinajstić information content (AvgIpc) is 2.33. The fourth-order valence-electron chi connectivity index (χ4n) is 1.39. The monoisotopic (exact) mass is 215 g/mol. The van der Waals surface area contributed by atoms with Crippen molar-refractivity contribution in [2.24, 2.45) is 0 Å². The molecule has 0 heterocycles. The van der Waals surface area contributed by atoms with E-state index in [1.54, 1.807) is 0 Å². The number of hydrogen-bond donors (Lipinski definition) is 1. The van der Waals surface area contributed by atoms with Gasteiger partial charge in [0.25, 0.3) is 0 Å². The summed E-state index contributed by atoms with van der Waals surface area (Å²) >= 11 is 0. The van der Waals surface area contributed by atoms with Crippen LogP contribution in [0.3, 0.4) is 0 Å². The predicted octanol–water partition coefficient (Wildman–Crippen LogP) is 2.15. The van der Waals surface area contributed by atoms with Gasteiger partial charge >= 0.3 is 0 Å². The number of benzene rings is 1. The lowest BCUT2D eigenvalue weighted by Crippen LogP contribution is -2.17. The molecule has 0 atom stereocenters. The Kier molecular flexibility index (Phi) is 5.98. The van der Waals surface area contributed by atoms with Gasteiger partial charge in [-0.2, -0.15) is 0 Å². The molecule has 0 aliphatic rings. The topological polar surface area (TPSA) is 29.1 Å². The second-order valence-electron chi connectivity index (χ2n) is 3.66. The Morgan fingerprint density at radius 3 is 2.69 bits per heavy atom. The third kappa shape index (κ3) is 5.33. The smallest absolute Gasteiger partial charge is 0.135 e. The molecule has 1 aromatic rings. The predicted molar refractivity (Wildman–Crippen MR) is 65.8 cm³/mol. The zero-order valence-corrected chi connectivity index (χ0v) is 9.41. The molecule has 0 aliphatic carbocycles. The first kappa shape index (κ1) is 12.5. The van der Waals surface area contributed by atoms with Crippen molar-refractivity contribution < 1.29 is 4.79 Å². The second kappa shape index (κ2) is 7.67. The SMILES string of the molecule is C#CCCC(=O)CCNCc1ccccc1.